The fraction of sp³-hybridized carbons (Fsp3) is 0.543. The van der Waals surface area contributed by atoms with Gasteiger partial charge in [-0.1, -0.05) is 11.2 Å². The summed E-state index contributed by atoms with van der Waals surface area (Å²) in [6, 6.07) is 6.87. The minimum atomic E-state index is -2.78. The third-order valence-corrected chi connectivity index (χ3v) is 14.3. The van der Waals surface area contributed by atoms with Gasteiger partial charge in [-0.05, 0) is 56.9 Å². The summed E-state index contributed by atoms with van der Waals surface area (Å²) in [6.07, 6.45) is 12.7. The van der Waals surface area contributed by atoms with Crippen molar-refractivity contribution in [3.63, 3.8) is 0 Å². The molecule has 4 aliphatic rings. The maximum absolute atomic E-state index is 14.3. The van der Waals surface area contributed by atoms with Crippen LogP contribution in [0.25, 0.3) is 0 Å². The van der Waals surface area contributed by atoms with Gasteiger partial charge in [-0.2, -0.15) is 0 Å². The van der Waals surface area contributed by atoms with Gasteiger partial charge in [0.1, 0.15) is 0 Å². The summed E-state index contributed by atoms with van der Waals surface area (Å²) < 4.78 is 37.9. The van der Waals surface area contributed by atoms with Crippen molar-refractivity contribution in [3.8, 4) is 23.0 Å². The molecule has 2 aromatic carbocycles. The van der Waals surface area contributed by atoms with Crippen molar-refractivity contribution in [2.24, 2.45) is 9.98 Å². The number of piperidine rings is 2. The van der Waals surface area contributed by atoms with Crippen LogP contribution < -0.4 is 18.9 Å². The molecule has 49 heavy (non-hydrogen) atoms. The number of methoxy groups -OCH3 is 2. The number of nitrogens with zero attached hydrogens (tertiary/aromatic N) is 4. The highest BCUT2D eigenvalue weighted by molar-refractivity contribution is 8.28. The number of ether oxygens (including phenoxy) is 4. The van der Waals surface area contributed by atoms with E-state index >= 15 is 0 Å². The number of hydrogen-bond acceptors (Lipinski definition) is 10. The summed E-state index contributed by atoms with van der Waals surface area (Å²) in [6.45, 7) is 1.79. The third-order valence-electron chi connectivity index (χ3n) is 9.72. The maximum atomic E-state index is 14.3. The molecule has 0 aromatic heterocycles. The zero-order valence-corrected chi connectivity index (χ0v) is 31.0. The highest BCUT2D eigenvalue weighted by Gasteiger charge is 2.33. The van der Waals surface area contributed by atoms with Crippen molar-refractivity contribution >= 4 is 63.4 Å². The Labute approximate surface area is 295 Å². The molecule has 11 nitrogen and oxygen atoms in total. The van der Waals surface area contributed by atoms with Gasteiger partial charge in [-0.15, -0.1) is 9.45 Å². The molecule has 2 amide bonds. The SMILES string of the molecule is COc1cc2c(cc1OCCP(=O)(CCOc1cc3c(cc1OC)C(=O)N1CCCC[C@H]1C=N3)CCS(C)=S)N=C[C@@H]1CCCCN1C2=O. The molecule has 14 heteroatoms. The van der Waals surface area contributed by atoms with Crippen molar-refractivity contribution in [2.75, 3.05) is 71.0 Å². The van der Waals surface area contributed by atoms with E-state index in [1.807, 2.05) is 28.5 Å². The lowest BCUT2D eigenvalue weighted by Crippen LogP contribution is -2.43. The second-order valence-corrected chi connectivity index (χ2v) is 19.6. The van der Waals surface area contributed by atoms with Crippen LogP contribution in [0.1, 0.15) is 59.2 Å². The van der Waals surface area contributed by atoms with Crippen LogP contribution in [0.4, 0.5) is 11.4 Å². The van der Waals surface area contributed by atoms with Crippen LogP contribution in [0.15, 0.2) is 34.3 Å². The number of amides is 2. The van der Waals surface area contributed by atoms with Crippen LogP contribution in [-0.2, 0) is 25.2 Å². The molecule has 2 fully saturated rings. The first-order chi connectivity index (χ1) is 23.7. The van der Waals surface area contributed by atoms with Crippen molar-refractivity contribution < 1.29 is 33.1 Å². The van der Waals surface area contributed by atoms with Crippen LogP contribution in [-0.4, -0.2) is 117 Å². The van der Waals surface area contributed by atoms with Crippen molar-refractivity contribution in [2.45, 2.75) is 50.6 Å². The van der Waals surface area contributed by atoms with Crippen LogP contribution in [0.5, 0.6) is 23.0 Å². The van der Waals surface area contributed by atoms with Gasteiger partial charge < -0.3 is 33.3 Å². The molecule has 0 bridgehead atoms. The Morgan fingerprint density at radius 2 is 1.22 bits per heavy atom. The van der Waals surface area contributed by atoms with Crippen molar-refractivity contribution in [1.29, 1.82) is 0 Å². The Balaban J connectivity index is 1.14. The van der Waals surface area contributed by atoms with Gasteiger partial charge in [0.05, 0.1) is 69.2 Å². The number of benzene rings is 2. The van der Waals surface area contributed by atoms with E-state index in [1.165, 1.54) is 0 Å². The Hall–Kier alpha value is -3.28. The number of carbonyl (C=O) groups is 2. The van der Waals surface area contributed by atoms with E-state index in [1.54, 1.807) is 38.5 Å². The number of fused-ring (bicyclic) bond motifs is 4. The molecule has 4 aliphatic heterocycles. The lowest BCUT2D eigenvalue weighted by molar-refractivity contribution is 0.0680. The van der Waals surface area contributed by atoms with Gasteiger partial charge in [0.25, 0.3) is 11.8 Å². The van der Waals surface area contributed by atoms with Gasteiger partial charge in [-0.25, -0.2) is 0 Å². The highest BCUT2D eigenvalue weighted by atomic mass is 32.8. The monoisotopic (exact) mass is 728 g/mol. The molecular formula is C35H45N4O7PS2. The molecule has 2 saturated heterocycles. The molecule has 264 valence electrons. The molecule has 0 N–H and O–H groups in total. The Kier molecular flexibility index (Phi) is 11.4. The summed E-state index contributed by atoms with van der Waals surface area (Å²) >= 11 is 5.44. The summed E-state index contributed by atoms with van der Waals surface area (Å²) in [5.74, 6) is 2.34. The minimum Gasteiger partial charge on any atom is -0.493 e. The molecular weight excluding hydrogens is 684 g/mol. The second-order valence-electron chi connectivity index (χ2n) is 12.9. The third kappa shape index (κ3) is 8.05. The summed E-state index contributed by atoms with van der Waals surface area (Å²) in [5.41, 5.74) is 2.08. The standard InChI is InChI=1S/C35H45N4O7PS2/c1-43-30-18-26-28(36-22-24-8-4-6-10-38(24)34(26)40)20-32(30)45-12-14-47(42,16-17-49(3)48)15-13-46-33-21-29-27(19-31(33)44-2)35(41)39-11-7-5-9-25(39)23-37-29/h18-25H,4-17H2,1-3H3/t24-,25-,49?/m0/s1. The van der Waals surface area contributed by atoms with E-state index in [0.717, 1.165) is 38.5 Å². The Bertz CT molecular complexity index is 1610. The van der Waals surface area contributed by atoms with Gasteiger partial charge >= 0.3 is 0 Å². The Morgan fingerprint density at radius 3 is 1.65 bits per heavy atom. The largest absolute Gasteiger partial charge is 0.493 e. The zero-order chi connectivity index (χ0) is 34.5. The molecule has 6 rings (SSSR count). The van der Waals surface area contributed by atoms with Gasteiger partial charge in [-0.3, -0.25) is 19.6 Å². The summed E-state index contributed by atoms with van der Waals surface area (Å²) in [7, 11) is 0.0114. The predicted octanol–water partition coefficient (Wildman–Crippen LogP) is 5.66. The lowest BCUT2D eigenvalue weighted by Gasteiger charge is -2.32. The van der Waals surface area contributed by atoms with Crippen molar-refractivity contribution in [1.82, 2.24) is 9.80 Å². The minimum absolute atomic E-state index is 0.00660. The fourth-order valence-electron chi connectivity index (χ4n) is 6.84. The van der Waals surface area contributed by atoms with Crippen LogP contribution >= 0.6 is 7.14 Å². The topological polar surface area (TPSA) is 119 Å². The molecule has 1 unspecified atom stereocenters. The zero-order valence-electron chi connectivity index (χ0n) is 28.4. The first-order valence-electron chi connectivity index (χ1n) is 17.0. The average molecular weight is 729 g/mol. The van der Waals surface area contributed by atoms with E-state index < -0.39 is 7.14 Å². The number of rotatable bonds is 13. The molecule has 3 atom stereocenters. The van der Waals surface area contributed by atoms with E-state index in [2.05, 4.69) is 9.98 Å². The molecule has 4 heterocycles. The summed E-state index contributed by atoms with van der Waals surface area (Å²) in [4.78, 5) is 39.8. The van der Waals surface area contributed by atoms with Crippen LogP contribution in [0.3, 0.4) is 0 Å². The second kappa shape index (κ2) is 15.7. The summed E-state index contributed by atoms with van der Waals surface area (Å²) in [5, 5.41) is 0. The lowest BCUT2D eigenvalue weighted by atomic mass is 10.0. The van der Waals surface area contributed by atoms with Gasteiger partial charge in [0, 0.05) is 61.9 Å². The van der Waals surface area contributed by atoms with E-state index in [4.69, 9.17) is 30.1 Å². The molecule has 0 saturated carbocycles. The van der Waals surface area contributed by atoms with Gasteiger partial charge in [0.2, 0.25) is 0 Å². The molecule has 2 aromatic rings. The molecule has 0 spiro atoms. The Morgan fingerprint density at radius 1 is 0.755 bits per heavy atom. The quantitative estimate of drug-likeness (QED) is 0.243. The average Bonchev–Trinajstić information content (AvgIpc) is 3.34. The first-order valence-corrected chi connectivity index (χ1v) is 22.0. The fourth-order valence-corrected chi connectivity index (χ4v) is 11.4. The number of hydrogen-bond donors (Lipinski definition) is 0. The molecule has 0 aliphatic carbocycles. The smallest absolute Gasteiger partial charge is 0.256 e. The maximum Gasteiger partial charge on any atom is 0.256 e. The number of aliphatic imine (C=N–C) groups is 2. The van der Waals surface area contributed by atoms with E-state index in [9.17, 15) is 14.2 Å². The first kappa shape index (κ1) is 35.5. The highest BCUT2D eigenvalue weighted by Crippen LogP contribution is 2.46. The normalized spacial score (nSPS) is 20.7. The van der Waals surface area contributed by atoms with Crippen LogP contribution in [0.2, 0.25) is 0 Å². The molecule has 0 radical (unpaired) electrons. The van der Waals surface area contributed by atoms with Gasteiger partial charge in [0.15, 0.2) is 23.0 Å². The van der Waals surface area contributed by atoms with E-state index in [-0.39, 0.29) is 46.6 Å². The predicted molar refractivity (Wildman–Crippen MR) is 198 cm³/mol. The van der Waals surface area contributed by atoms with Crippen LogP contribution in [0, 0.1) is 0 Å². The van der Waals surface area contributed by atoms with Crippen molar-refractivity contribution in [3.05, 3.63) is 35.4 Å². The number of carbonyl (C=O) groups excluding carboxylic acids is 2. The van der Waals surface area contributed by atoms with E-state index in [0.29, 0.717) is 82.8 Å².